The van der Waals surface area contributed by atoms with Crippen molar-refractivity contribution in [2.24, 2.45) is 0 Å². The third-order valence-corrected chi connectivity index (χ3v) is 4.44. The fraction of sp³-hybridized carbons (Fsp3) is 0.158. The number of rotatable bonds is 4. The van der Waals surface area contributed by atoms with Crippen LogP contribution in [0.15, 0.2) is 36.7 Å². The minimum atomic E-state index is -0.548. The van der Waals surface area contributed by atoms with Gasteiger partial charge in [-0.2, -0.15) is 0 Å². The number of nitrogens with one attached hydrogen (secondary N) is 3. The Morgan fingerprint density at radius 2 is 2.07 bits per heavy atom. The number of amides is 1. The first-order valence-electron chi connectivity index (χ1n) is 8.32. The minimum Gasteiger partial charge on any atom is -0.492 e. The third-order valence-electron chi connectivity index (χ3n) is 4.44. The summed E-state index contributed by atoms with van der Waals surface area (Å²) < 4.78 is 33.6. The van der Waals surface area contributed by atoms with Crippen LogP contribution in [0.2, 0.25) is 0 Å². The number of carbonyl (C=O) groups excluding carboxylic acids is 1. The monoisotopic (exact) mass is 370 g/mol. The molecule has 8 heteroatoms. The summed E-state index contributed by atoms with van der Waals surface area (Å²) in [5, 5.41) is 5.83. The van der Waals surface area contributed by atoms with E-state index in [0.717, 1.165) is 6.20 Å². The van der Waals surface area contributed by atoms with E-state index in [1.807, 2.05) is 0 Å². The number of pyridine rings is 1. The molecule has 1 amide bonds. The van der Waals surface area contributed by atoms with Crippen LogP contribution in [-0.4, -0.2) is 29.5 Å². The van der Waals surface area contributed by atoms with Gasteiger partial charge in [0.15, 0.2) is 17.4 Å². The summed E-state index contributed by atoms with van der Waals surface area (Å²) in [5.41, 5.74) is 2.39. The zero-order valence-electron chi connectivity index (χ0n) is 14.4. The van der Waals surface area contributed by atoms with E-state index < -0.39 is 11.6 Å². The van der Waals surface area contributed by atoms with E-state index in [1.165, 1.54) is 31.5 Å². The molecule has 0 radical (unpaired) electrons. The number of fused-ring (bicyclic) bond motifs is 1. The lowest BCUT2D eigenvalue weighted by molar-refractivity contribution is 0.0947. The SMILES string of the molecule is COc1c(F)cccc1Nc1c(-c2ccncc2F)[nH]c2c1C(=O)NCC2. The molecule has 6 nitrogen and oxygen atoms in total. The smallest absolute Gasteiger partial charge is 0.255 e. The van der Waals surface area contributed by atoms with Gasteiger partial charge in [-0.05, 0) is 18.2 Å². The predicted molar refractivity (Wildman–Crippen MR) is 96.3 cm³/mol. The van der Waals surface area contributed by atoms with E-state index in [-0.39, 0.29) is 17.2 Å². The Morgan fingerprint density at radius 1 is 1.22 bits per heavy atom. The number of hydrogen-bond acceptors (Lipinski definition) is 4. The number of H-pyrrole nitrogens is 1. The maximum atomic E-state index is 14.4. The minimum absolute atomic E-state index is 0.00446. The summed E-state index contributed by atoms with van der Waals surface area (Å²) in [7, 11) is 1.35. The number of aromatic amines is 1. The van der Waals surface area contributed by atoms with Gasteiger partial charge in [0.1, 0.15) is 0 Å². The molecule has 3 heterocycles. The molecule has 0 aliphatic carbocycles. The molecule has 1 aliphatic rings. The maximum absolute atomic E-state index is 14.4. The van der Waals surface area contributed by atoms with E-state index in [1.54, 1.807) is 6.07 Å². The average molecular weight is 370 g/mol. The summed E-state index contributed by atoms with van der Waals surface area (Å²) in [4.78, 5) is 19.4. The number of benzene rings is 1. The van der Waals surface area contributed by atoms with Crippen molar-refractivity contribution in [3.05, 3.63) is 59.6 Å². The van der Waals surface area contributed by atoms with E-state index >= 15 is 0 Å². The number of nitrogens with zero attached hydrogens (tertiary/aromatic N) is 1. The van der Waals surface area contributed by atoms with Gasteiger partial charge in [0.05, 0.1) is 35.9 Å². The molecule has 4 rings (SSSR count). The number of para-hydroxylation sites is 1. The molecule has 27 heavy (non-hydrogen) atoms. The summed E-state index contributed by atoms with van der Waals surface area (Å²) >= 11 is 0. The van der Waals surface area contributed by atoms with Gasteiger partial charge in [0.25, 0.3) is 5.91 Å². The topological polar surface area (TPSA) is 79.0 Å². The first kappa shape index (κ1) is 17.0. The fourth-order valence-electron chi connectivity index (χ4n) is 3.23. The zero-order chi connectivity index (χ0) is 19.0. The molecule has 0 atom stereocenters. The van der Waals surface area contributed by atoms with Crippen LogP contribution in [0.25, 0.3) is 11.3 Å². The van der Waals surface area contributed by atoms with E-state index in [0.29, 0.717) is 41.3 Å². The zero-order valence-corrected chi connectivity index (χ0v) is 14.4. The molecular formula is C19H16F2N4O2. The van der Waals surface area contributed by atoms with Crippen molar-refractivity contribution in [3.8, 4) is 17.0 Å². The van der Waals surface area contributed by atoms with Crippen molar-refractivity contribution in [1.82, 2.24) is 15.3 Å². The summed E-state index contributed by atoms with van der Waals surface area (Å²) in [6, 6.07) is 5.92. The molecular weight excluding hydrogens is 354 g/mol. The van der Waals surface area contributed by atoms with Gasteiger partial charge in [-0.1, -0.05) is 6.07 Å². The van der Waals surface area contributed by atoms with E-state index in [2.05, 4.69) is 20.6 Å². The lowest BCUT2D eigenvalue weighted by Crippen LogP contribution is -2.31. The Bertz CT molecular complexity index is 1030. The molecule has 2 aromatic heterocycles. The van der Waals surface area contributed by atoms with Gasteiger partial charge >= 0.3 is 0 Å². The maximum Gasteiger partial charge on any atom is 0.255 e. The van der Waals surface area contributed by atoms with Crippen molar-refractivity contribution in [2.45, 2.75) is 6.42 Å². The van der Waals surface area contributed by atoms with Crippen LogP contribution < -0.4 is 15.4 Å². The summed E-state index contributed by atoms with van der Waals surface area (Å²) in [6.07, 6.45) is 3.13. The average Bonchev–Trinajstić information content (AvgIpc) is 3.02. The van der Waals surface area contributed by atoms with Crippen LogP contribution in [-0.2, 0) is 6.42 Å². The Labute approximate surface area is 153 Å². The van der Waals surface area contributed by atoms with Gasteiger partial charge in [0, 0.05) is 30.4 Å². The highest BCUT2D eigenvalue weighted by Crippen LogP contribution is 2.39. The second-order valence-corrected chi connectivity index (χ2v) is 6.04. The number of ether oxygens (including phenoxy) is 1. The number of methoxy groups -OCH3 is 1. The third kappa shape index (κ3) is 2.88. The predicted octanol–water partition coefficient (Wildman–Crippen LogP) is 3.39. The van der Waals surface area contributed by atoms with Crippen LogP contribution in [0.1, 0.15) is 16.1 Å². The van der Waals surface area contributed by atoms with Gasteiger partial charge in [-0.25, -0.2) is 8.78 Å². The van der Waals surface area contributed by atoms with Crippen molar-refractivity contribution in [1.29, 1.82) is 0 Å². The molecule has 0 bridgehead atoms. The number of halogens is 2. The molecule has 3 N–H and O–H groups in total. The molecule has 0 unspecified atom stereocenters. The normalized spacial score (nSPS) is 13.1. The highest BCUT2D eigenvalue weighted by atomic mass is 19.1. The Morgan fingerprint density at radius 3 is 2.85 bits per heavy atom. The van der Waals surface area contributed by atoms with Crippen molar-refractivity contribution in [2.75, 3.05) is 19.0 Å². The molecule has 0 spiro atoms. The summed E-state index contributed by atoms with van der Waals surface area (Å²) in [6.45, 7) is 0.480. The van der Waals surface area contributed by atoms with Gasteiger partial charge in [-0.3, -0.25) is 9.78 Å². The highest BCUT2D eigenvalue weighted by Gasteiger charge is 2.28. The van der Waals surface area contributed by atoms with Crippen molar-refractivity contribution in [3.63, 3.8) is 0 Å². The number of carbonyl (C=O) groups is 1. The van der Waals surface area contributed by atoms with E-state index in [4.69, 9.17) is 4.74 Å². The lowest BCUT2D eigenvalue weighted by Gasteiger charge is -2.16. The van der Waals surface area contributed by atoms with Crippen LogP contribution in [0.4, 0.5) is 20.2 Å². The van der Waals surface area contributed by atoms with Crippen LogP contribution >= 0.6 is 0 Å². The molecule has 138 valence electrons. The summed E-state index contributed by atoms with van der Waals surface area (Å²) in [5.74, 6) is -1.37. The first-order chi connectivity index (χ1) is 13.1. The first-order valence-corrected chi connectivity index (χ1v) is 8.32. The van der Waals surface area contributed by atoms with Crippen molar-refractivity contribution < 1.29 is 18.3 Å². The second-order valence-electron chi connectivity index (χ2n) is 6.04. The largest absolute Gasteiger partial charge is 0.492 e. The Balaban J connectivity index is 1.91. The molecule has 0 fully saturated rings. The molecule has 1 aromatic carbocycles. The van der Waals surface area contributed by atoms with Crippen LogP contribution in [0, 0.1) is 11.6 Å². The van der Waals surface area contributed by atoms with Gasteiger partial charge in [0.2, 0.25) is 0 Å². The molecule has 1 aliphatic heterocycles. The fourth-order valence-corrected chi connectivity index (χ4v) is 3.23. The number of hydrogen-bond donors (Lipinski definition) is 3. The molecule has 0 saturated heterocycles. The number of aromatic nitrogens is 2. The highest BCUT2D eigenvalue weighted by molar-refractivity contribution is 6.06. The second kappa shape index (κ2) is 6.71. The van der Waals surface area contributed by atoms with Crippen molar-refractivity contribution >= 4 is 17.3 Å². The standard InChI is InChI=1S/C19H16F2N4O2/c1-27-18-11(20)3-2-4-14(18)25-17-15-13(6-8-23-19(15)26)24-16(17)10-5-7-22-9-12(10)21/h2-5,7,9,24-25H,6,8H2,1H3,(H,23,26). The van der Waals surface area contributed by atoms with Crippen LogP contribution in [0.3, 0.4) is 0 Å². The van der Waals surface area contributed by atoms with Gasteiger partial charge in [-0.15, -0.1) is 0 Å². The lowest BCUT2D eigenvalue weighted by atomic mass is 10.1. The van der Waals surface area contributed by atoms with E-state index in [9.17, 15) is 13.6 Å². The van der Waals surface area contributed by atoms with Gasteiger partial charge < -0.3 is 20.4 Å². The Kier molecular flexibility index (Phi) is 4.23. The molecule has 0 saturated carbocycles. The quantitative estimate of drug-likeness (QED) is 0.658. The Hall–Kier alpha value is -3.42. The number of anilines is 2. The van der Waals surface area contributed by atoms with Crippen LogP contribution in [0.5, 0.6) is 5.75 Å². The molecule has 3 aromatic rings.